The maximum Gasteiger partial charge on any atom is 0.256 e. The van der Waals surface area contributed by atoms with E-state index in [2.05, 4.69) is 10.3 Å². The summed E-state index contributed by atoms with van der Waals surface area (Å²) in [4.78, 5) is 29.4. The van der Waals surface area contributed by atoms with Gasteiger partial charge >= 0.3 is 0 Å². The average Bonchev–Trinajstić information content (AvgIpc) is 2.38. The first kappa shape index (κ1) is 11.6. The number of pyridine rings is 1. The van der Waals surface area contributed by atoms with Gasteiger partial charge in [0.15, 0.2) is 0 Å². The molecule has 2 heterocycles. The lowest BCUT2D eigenvalue weighted by Gasteiger charge is -2.34. The van der Waals surface area contributed by atoms with Gasteiger partial charge in [-0.1, -0.05) is 6.92 Å². The molecular formula is C12H15N3O2. The Labute approximate surface area is 99.8 Å². The first-order chi connectivity index (χ1) is 8.24. The summed E-state index contributed by atoms with van der Waals surface area (Å²) in [5.41, 5.74) is 0.528. The number of nitrogens with zero attached hydrogens (tertiary/aromatic N) is 2. The maximum atomic E-state index is 12.2. The number of hydrogen-bond acceptors (Lipinski definition) is 3. The van der Waals surface area contributed by atoms with Gasteiger partial charge in [0.25, 0.3) is 5.91 Å². The van der Waals surface area contributed by atoms with Crippen LogP contribution in [0.5, 0.6) is 0 Å². The van der Waals surface area contributed by atoms with Gasteiger partial charge in [-0.2, -0.15) is 0 Å². The third-order valence-corrected chi connectivity index (χ3v) is 2.89. The van der Waals surface area contributed by atoms with Gasteiger partial charge < -0.3 is 10.2 Å². The van der Waals surface area contributed by atoms with E-state index in [9.17, 15) is 9.59 Å². The van der Waals surface area contributed by atoms with E-state index in [1.54, 1.807) is 23.2 Å². The predicted molar refractivity (Wildman–Crippen MR) is 62.4 cm³/mol. The summed E-state index contributed by atoms with van der Waals surface area (Å²) in [5, 5.41) is 2.77. The molecule has 90 valence electrons. The minimum atomic E-state index is -0.364. The van der Waals surface area contributed by atoms with Crippen LogP contribution in [0.25, 0.3) is 0 Å². The molecule has 1 aromatic heterocycles. The fourth-order valence-corrected chi connectivity index (χ4v) is 2.02. The zero-order valence-corrected chi connectivity index (χ0v) is 9.72. The summed E-state index contributed by atoms with van der Waals surface area (Å²) in [6.45, 7) is 2.97. The summed E-state index contributed by atoms with van der Waals surface area (Å²) < 4.78 is 0. The number of nitrogens with one attached hydrogen (secondary N) is 1. The quantitative estimate of drug-likeness (QED) is 0.806. The molecule has 1 unspecified atom stereocenters. The average molecular weight is 233 g/mol. The molecule has 17 heavy (non-hydrogen) atoms. The molecule has 1 aliphatic heterocycles. The van der Waals surface area contributed by atoms with Crippen molar-refractivity contribution in [3.8, 4) is 0 Å². The normalized spacial score (nSPS) is 19.9. The number of aromatic nitrogens is 1. The molecule has 1 fully saturated rings. The molecule has 2 rings (SSSR count). The fourth-order valence-electron chi connectivity index (χ4n) is 2.02. The van der Waals surface area contributed by atoms with E-state index in [1.807, 2.05) is 6.92 Å². The number of hydrogen-bond donors (Lipinski definition) is 1. The third-order valence-electron chi connectivity index (χ3n) is 2.89. The maximum absolute atomic E-state index is 12.2. The van der Waals surface area contributed by atoms with Crippen molar-refractivity contribution in [2.75, 3.05) is 13.1 Å². The van der Waals surface area contributed by atoms with Crippen molar-refractivity contribution in [3.63, 3.8) is 0 Å². The molecule has 0 saturated carbocycles. The van der Waals surface area contributed by atoms with Gasteiger partial charge in [0.05, 0.1) is 5.56 Å². The summed E-state index contributed by atoms with van der Waals surface area (Å²) >= 11 is 0. The van der Waals surface area contributed by atoms with Gasteiger partial charge in [0, 0.05) is 25.5 Å². The van der Waals surface area contributed by atoms with Crippen LogP contribution in [0.1, 0.15) is 23.7 Å². The molecule has 5 heteroatoms. The van der Waals surface area contributed by atoms with E-state index in [-0.39, 0.29) is 17.9 Å². The van der Waals surface area contributed by atoms with Crippen LogP contribution in [0.2, 0.25) is 0 Å². The lowest BCUT2D eigenvalue weighted by Crippen LogP contribution is -2.56. The molecule has 1 aromatic rings. The highest BCUT2D eigenvalue weighted by atomic mass is 16.2. The minimum Gasteiger partial charge on any atom is -0.353 e. The Bertz CT molecular complexity index is 419. The Morgan fingerprint density at radius 2 is 2.47 bits per heavy atom. The summed E-state index contributed by atoms with van der Waals surface area (Å²) in [7, 11) is 0. The monoisotopic (exact) mass is 233 g/mol. The van der Waals surface area contributed by atoms with Crippen molar-refractivity contribution in [1.29, 1.82) is 0 Å². The summed E-state index contributed by atoms with van der Waals surface area (Å²) in [5.74, 6) is -0.198. The van der Waals surface area contributed by atoms with E-state index in [0.717, 1.165) is 0 Å². The first-order valence-electron chi connectivity index (χ1n) is 5.72. The van der Waals surface area contributed by atoms with Crippen LogP contribution < -0.4 is 5.32 Å². The Kier molecular flexibility index (Phi) is 3.37. The van der Waals surface area contributed by atoms with Crippen LogP contribution in [-0.2, 0) is 4.79 Å². The highest BCUT2D eigenvalue weighted by Crippen LogP contribution is 2.12. The third kappa shape index (κ3) is 2.27. The number of rotatable bonds is 2. The summed E-state index contributed by atoms with van der Waals surface area (Å²) in [6, 6.07) is 3.07. The van der Waals surface area contributed by atoms with Crippen molar-refractivity contribution in [1.82, 2.24) is 15.2 Å². The van der Waals surface area contributed by atoms with Crippen LogP contribution >= 0.6 is 0 Å². The van der Waals surface area contributed by atoms with E-state index < -0.39 is 0 Å². The topological polar surface area (TPSA) is 62.3 Å². The second-order valence-electron chi connectivity index (χ2n) is 3.96. The molecule has 0 spiro atoms. The Balaban J connectivity index is 2.21. The standard InChI is InChI=1S/C12H15N3O2/c1-2-10-11(16)14-6-7-15(10)12(17)9-4-3-5-13-8-9/h3-5,8,10H,2,6-7H2,1H3,(H,14,16). The predicted octanol–water partition coefficient (Wildman–Crippen LogP) is 0.432. The van der Waals surface area contributed by atoms with Crippen LogP contribution in [0.3, 0.4) is 0 Å². The lowest BCUT2D eigenvalue weighted by molar-refractivity contribution is -0.127. The van der Waals surface area contributed by atoms with Gasteiger partial charge in [-0.3, -0.25) is 14.6 Å². The molecule has 2 amide bonds. The molecular weight excluding hydrogens is 218 g/mol. The number of amides is 2. The zero-order valence-electron chi connectivity index (χ0n) is 9.72. The second kappa shape index (κ2) is 4.95. The molecule has 1 aliphatic rings. The molecule has 0 radical (unpaired) electrons. The van der Waals surface area contributed by atoms with E-state index in [4.69, 9.17) is 0 Å². The van der Waals surface area contributed by atoms with E-state index in [1.165, 1.54) is 6.20 Å². The highest BCUT2D eigenvalue weighted by molar-refractivity contribution is 5.97. The Hall–Kier alpha value is -1.91. The van der Waals surface area contributed by atoms with Crippen LogP contribution in [0.15, 0.2) is 24.5 Å². The number of piperazine rings is 1. The lowest BCUT2D eigenvalue weighted by atomic mass is 10.1. The van der Waals surface area contributed by atoms with Crippen LogP contribution in [0, 0.1) is 0 Å². The second-order valence-corrected chi connectivity index (χ2v) is 3.96. The Morgan fingerprint density at radius 3 is 3.12 bits per heavy atom. The van der Waals surface area contributed by atoms with Gasteiger partial charge in [0.1, 0.15) is 6.04 Å². The number of carbonyl (C=O) groups is 2. The van der Waals surface area contributed by atoms with E-state index in [0.29, 0.717) is 25.1 Å². The van der Waals surface area contributed by atoms with Crippen molar-refractivity contribution >= 4 is 11.8 Å². The molecule has 0 aliphatic carbocycles. The van der Waals surface area contributed by atoms with Gasteiger partial charge in [-0.25, -0.2) is 0 Å². The smallest absolute Gasteiger partial charge is 0.256 e. The van der Waals surface area contributed by atoms with Crippen molar-refractivity contribution in [2.45, 2.75) is 19.4 Å². The van der Waals surface area contributed by atoms with Gasteiger partial charge in [-0.05, 0) is 18.6 Å². The SMILES string of the molecule is CCC1C(=O)NCCN1C(=O)c1cccnc1. The van der Waals surface area contributed by atoms with Crippen molar-refractivity contribution in [2.24, 2.45) is 0 Å². The van der Waals surface area contributed by atoms with Crippen LogP contribution in [-0.4, -0.2) is 40.8 Å². The number of carbonyl (C=O) groups excluding carboxylic acids is 2. The van der Waals surface area contributed by atoms with E-state index >= 15 is 0 Å². The van der Waals surface area contributed by atoms with Crippen LogP contribution in [0.4, 0.5) is 0 Å². The minimum absolute atomic E-state index is 0.0732. The molecule has 1 atom stereocenters. The highest BCUT2D eigenvalue weighted by Gasteiger charge is 2.31. The molecule has 5 nitrogen and oxygen atoms in total. The van der Waals surface area contributed by atoms with Crippen molar-refractivity contribution < 1.29 is 9.59 Å². The molecule has 0 aromatic carbocycles. The first-order valence-corrected chi connectivity index (χ1v) is 5.72. The fraction of sp³-hybridized carbons (Fsp3) is 0.417. The van der Waals surface area contributed by atoms with Gasteiger partial charge in [0.2, 0.25) is 5.91 Å². The summed E-state index contributed by atoms with van der Waals surface area (Å²) in [6.07, 6.45) is 3.77. The molecule has 1 N–H and O–H groups in total. The van der Waals surface area contributed by atoms with Crippen molar-refractivity contribution in [3.05, 3.63) is 30.1 Å². The molecule has 0 bridgehead atoms. The van der Waals surface area contributed by atoms with Gasteiger partial charge in [-0.15, -0.1) is 0 Å². The Morgan fingerprint density at radius 1 is 1.65 bits per heavy atom. The molecule has 1 saturated heterocycles. The zero-order chi connectivity index (χ0) is 12.3. The largest absolute Gasteiger partial charge is 0.353 e.